The molecule has 0 spiro atoms. The molecule has 2 heterocycles. The first-order valence-corrected chi connectivity index (χ1v) is 4.78. The van der Waals surface area contributed by atoms with Gasteiger partial charge < -0.3 is 9.88 Å². The van der Waals surface area contributed by atoms with Crippen molar-refractivity contribution in [2.45, 2.75) is 13.1 Å². The van der Waals surface area contributed by atoms with E-state index >= 15 is 0 Å². The molecule has 0 radical (unpaired) electrons. The van der Waals surface area contributed by atoms with E-state index in [9.17, 15) is 0 Å². The Kier molecular flexibility index (Phi) is 2.77. The molecular weight excluding hydrogens is 192 g/mol. The largest absolute Gasteiger partial charge is 0.337 e. The lowest BCUT2D eigenvalue weighted by molar-refractivity contribution is 0.594. The van der Waals surface area contributed by atoms with Crippen LogP contribution in [-0.2, 0) is 27.2 Å². The van der Waals surface area contributed by atoms with Crippen LogP contribution in [0.1, 0.15) is 11.5 Å². The third-order valence-corrected chi connectivity index (χ3v) is 2.32. The Morgan fingerprint density at radius 1 is 1.33 bits per heavy atom. The number of hydrogen-bond donors (Lipinski definition) is 1. The average Bonchev–Trinajstić information content (AvgIpc) is 2.78. The van der Waals surface area contributed by atoms with Crippen LogP contribution in [0.5, 0.6) is 0 Å². The molecule has 2 rings (SSSR count). The lowest BCUT2D eigenvalue weighted by Crippen LogP contribution is -2.17. The van der Waals surface area contributed by atoms with E-state index in [1.165, 1.54) is 0 Å². The van der Waals surface area contributed by atoms with Crippen molar-refractivity contribution in [1.82, 2.24) is 29.9 Å². The van der Waals surface area contributed by atoms with Gasteiger partial charge in [0.15, 0.2) is 0 Å². The van der Waals surface area contributed by atoms with Crippen molar-refractivity contribution in [3.63, 3.8) is 0 Å². The molecule has 6 heteroatoms. The first kappa shape index (κ1) is 9.85. The van der Waals surface area contributed by atoms with Crippen LogP contribution in [0, 0.1) is 0 Å². The van der Waals surface area contributed by atoms with E-state index < -0.39 is 0 Å². The van der Waals surface area contributed by atoms with E-state index in [0.29, 0.717) is 0 Å². The number of nitrogens with zero attached hydrogens (tertiary/aromatic N) is 5. The number of nitrogens with one attached hydrogen (secondary N) is 1. The van der Waals surface area contributed by atoms with Gasteiger partial charge in [0.2, 0.25) is 0 Å². The van der Waals surface area contributed by atoms with Gasteiger partial charge in [0.25, 0.3) is 0 Å². The maximum absolute atomic E-state index is 4.22. The molecule has 0 amide bonds. The molecule has 0 aliphatic carbocycles. The molecule has 1 N–H and O–H groups in total. The van der Waals surface area contributed by atoms with Crippen LogP contribution in [0.3, 0.4) is 0 Å². The molecule has 0 fully saturated rings. The Morgan fingerprint density at radius 2 is 2.20 bits per heavy atom. The van der Waals surface area contributed by atoms with Gasteiger partial charge in [-0.1, -0.05) is 5.21 Å². The Morgan fingerprint density at radius 3 is 2.80 bits per heavy atom. The van der Waals surface area contributed by atoms with Gasteiger partial charge in [0.05, 0.1) is 18.4 Å². The standard InChI is InChI=1S/C9H14N6/c1-14-4-3-11-9(14)7-10-5-8-6-12-13-15(8)2/h3-4,6,10H,5,7H2,1-2H3. The number of aromatic nitrogens is 5. The highest BCUT2D eigenvalue weighted by atomic mass is 15.4. The molecule has 2 aromatic heterocycles. The monoisotopic (exact) mass is 206 g/mol. The minimum Gasteiger partial charge on any atom is -0.337 e. The second-order valence-electron chi connectivity index (χ2n) is 3.41. The predicted molar refractivity (Wildman–Crippen MR) is 54.8 cm³/mol. The molecular formula is C9H14N6. The maximum atomic E-state index is 4.22. The molecule has 0 unspecified atom stereocenters. The highest BCUT2D eigenvalue weighted by Crippen LogP contribution is 1.96. The molecule has 0 aromatic carbocycles. The zero-order chi connectivity index (χ0) is 10.7. The maximum Gasteiger partial charge on any atom is 0.122 e. The summed E-state index contributed by atoms with van der Waals surface area (Å²) in [6.45, 7) is 1.49. The molecule has 15 heavy (non-hydrogen) atoms. The van der Waals surface area contributed by atoms with E-state index in [2.05, 4.69) is 20.6 Å². The number of aryl methyl sites for hydroxylation is 2. The summed E-state index contributed by atoms with van der Waals surface area (Å²) in [4.78, 5) is 4.22. The van der Waals surface area contributed by atoms with Gasteiger partial charge in [-0.15, -0.1) is 5.10 Å². The van der Waals surface area contributed by atoms with Gasteiger partial charge in [0, 0.05) is 33.0 Å². The SMILES string of the molecule is Cn1ccnc1CNCc1cnnn1C. The van der Waals surface area contributed by atoms with E-state index in [4.69, 9.17) is 0 Å². The number of rotatable bonds is 4. The molecule has 6 nitrogen and oxygen atoms in total. The Hall–Kier alpha value is -1.69. The van der Waals surface area contributed by atoms with Crippen molar-refractivity contribution in [1.29, 1.82) is 0 Å². The summed E-state index contributed by atoms with van der Waals surface area (Å²) in [7, 11) is 3.86. The molecule has 0 saturated heterocycles. The smallest absolute Gasteiger partial charge is 0.122 e. The quantitative estimate of drug-likeness (QED) is 0.755. The summed E-state index contributed by atoms with van der Waals surface area (Å²) < 4.78 is 3.75. The second kappa shape index (κ2) is 4.22. The summed E-state index contributed by atoms with van der Waals surface area (Å²) in [6.07, 6.45) is 5.48. The summed E-state index contributed by atoms with van der Waals surface area (Å²) in [6, 6.07) is 0. The van der Waals surface area contributed by atoms with Gasteiger partial charge in [-0.2, -0.15) is 0 Å². The lowest BCUT2D eigenvalue weighted by atomic mass is 10.4. The van der Waals surface area contributed by atoms with Crippen LogP contribution in [0.2, 0.25) is 0 Å². The van der Waals surface area contributed by atoms with Gasteiger partial charge >= 0.3 is 0 Å². The van der Waals surface area contributed by atoms with Crippen molar-refractivity contribution < 1.29 is 0 Å². The zero-order valence-corrected chi connectivity index (χ0v) is 8.88. The molecule has 0 atom stereocenters. The normalized spacial score (nSPS) is 10.8. The zero-order valence-electron chi connectivity index (χ0n) is 8.88. The van der Waals surface area contributed by atoms with E-state index in [-0.39, 0.29) is 0 Å². The second-order valence-corrected chi connectivity index (χ2v) is 3.41. The van der Waals surface area contributed by atoms with E-state index in [1.54, 1.807) is 17.1 Å². The predicted octanol–water partition coefficient (Wildman–Crippen LogP) is -0.162. The number of imidazole rings is 1. The summed E-state index contributed by atoms with van der Waals surface area (Å²) in [5, 5.41) is 11.0. The van der Waals surface area contributed by atoms with Crippen LogP contribution in [-0.4, -0.2) is 24.5 Å². The molecule has 2 aromatic rings. The van der Waals surface area contributed by atoms with E-state index in [1.807, 2.05) is 24.9 Å². The van der Waals surface area contributed by atoms with Crippen LogP contribution in [0.4, 0.5) is 0 Å². The fourth-order valence-corrected chi connectivity index (χ4v) is 1.34. The molecule has 80 valence electrons. The van der Waals surface area contributed by atoms with Crippen LogP contribution < -0.4 is 5.32 Å². The van der Waals surface area contributed by atoms with Crippen LogP contribution in [0.25, 0.3) is 0 Å². The van der Waals surface area contributed by atoms with Crippen molar-refractivity contribution in [3.05, 3.63) is 30.1 Å². The minimum atomic E-state index is 0.745. The van der Waals surface area contributed by atoms with Crippen LogP contribution in [0.15, 0.2) is 18.6 Å². The Balaban J connectivity index is 1.86. The van der Waals surface area contributed by atoms with Gasteiger partial charge in [0.1, 0.15) is 5.82 Å². The van der Waals surface area contributed by atoms with Gasteiger partial charge in [-0.05, 0) is 0 Å². The van der Waals surface area contributed by atoms with Crippen molar-refractivity contribution in [2.75, 3.05) is 0 Å². The molecule has 0 aliphatic heterocycles. The Bertz CT molecular complexity index is 389. The minimum absolute atomic E-state index is 0.745. The van der Waals surface area contributed by atoms with Gasteiger partial charge in [-0.25, -0.2) is 4.98 Å². The summed E-state index contributed by atoms with van der Waals surface area (Å²) in [5.41, 5.74) is 1.06. The third kappa shape index (κ3) is 2.21. The highest BCUT2D eigenvalue weighted by molar-refractivity contribution is 4.94. The van der Waals surface area contributed by atoms with Crippen molar-refractivity contribution >= 4 is 0 Å². The van der Waals surface area contributed by atoms with Crippen molar-refractivity contribution in [2.24, 2.45) is 14.1 Å². The van der Waals surface area contributed by atoms with Gasteiger partial charge in [-0.3, -0.25) is 4.68 Å². The summed E-state index contributed by atoms with van der Waals surface area (Å²) in [5.74, 6) is 1.02. The highest BCUT2D eigenvalue weighted by Gasteiger charge is 2.01. The van der Waals surface area contributed by atoms with E-state index in [0.717, 1.165) is 24.6 Å². The number of hydrogen-bond acceptors (Lipinski definition) is 4. The third-order valence-electron chi connectivity index (χ3n) is 2.32. The van der Waals surface area contributed by atoms with Crippen LogP contribution >= 0.6 is 0 Å². The first-order valence-electron chi connectivity index (χ1n) is 4.78. The fraction of sp³-hybridized carbons (Fsp3) is 0.444. The molecule has 0 saturated carbocycles. The lowest BCUT2D eigenvalue weighted by Gasteiger charge is -2.04. The topological polar surface area (TPSA) is 60.6 Å². The fourth-order valence-electron chi connectivity index (χ4n) is 1.34. The average molecular weight is 206 g/mol. The van der Waals surface area contributed by atoms with Crippen molar-refractivity contribution in [3.8, 4) is 0 Å². The Labute approximate surface area is 87.9 Å². The molecule has 0 aliphatic rings. The first-order chi connectivity index (χ1) is 7.27. The summed E-state index contributed by atoms with van der Waals surface area (Å²) >= 11 is 0. The molecule has 0 bridgehead atoms.